The first-order valence-electron chi connectivity index (χ1n) is 19.8. The molecule has 0 saturated heterocycles. The van der Waals surface area contributed by atoms with E-state index in [0.29, 0.717) is 0 Å². The number of hydrogen-bond acceptors (Lipinski definition) is 2. The van der Waals surface area contributed by atoms with Gasteiger partial charge in [-0.05, 0) is 97.2 Å². The number of anilines is 3. The van der Waals surface area contributed by atoms with Crippen molar-refractivity contribution in [2.75, 3.05) is 4.90 Å². The highest BCUT2D eigenvalue weighted by atomic mass is 32.1. The third-order valence-corrected chi connectivity index (χ3v) is 13.3. The Bertz CT molecular complexity index is 3150. The summed E-state index contributed by atoms with van der Waals surface area (Å²) in [7, 11) is 0. The Kier molecular flexibility index (Phi) is 7.77. The van der Waals surface area contributed by atoms with E-state index in [1.165, 1.54) is 92.3 Å². The fourth-order valence-electron chi connectivity index (χ4n) is 9.32. The summed E-state index contributed by atoms with van der Waals surface area (Å²) >= 11 is 1.87. The summed E-state index contributed by atoms with van der Waals surface area (Å²) in [6.07, 6.45) is 0. The molecule has 0 aliphatic heterocycles. The fraction of sp³-hybridized carbons (Fsp3) is 0.0545. The number of nitrogens with zero attached hydrogens (tertiary/aromatic N) is 1. The van der Waals surface area contributed by atoms with Gasteiger partial charge in [0.05, 0.1) is 16.1 Å². The van der Waals surface area contributed by atoms with Crippen LogP contribution in [0.2, 0.25) is 0 Å². The Morgan fingerprint density at radius 3 is 1.86 bits per heavy atom. The summed E-state index contributed by atoms with van der Waals surface area (Å²) in [5.41, 5.74) is 16.2. The van der Waals surface area contributed by atoms with Gasteiger partial charge >= 0.3 is 0 Å². The molecule has 0 radical (unpaired) electrons. The van der Waals surface area contributed by atoms with Crippen LogP contribution in [0.25, 0.3) is 75.5 Å². The van der Waals surface area contributed by atoms with Crippen molar-refractivity contribution in [3.8, 4) is 44.5 Å². The van der Waals surface area contributed by atoms with Gasteiger partial charge in [0.2, 0.25) is 0 Å². The smallest absolute Gasteiger partial charge is 0.0640 e. The summed E-state index contributed by atoms with van der Waals surface area (Å²) in [5.74, 6) is 0. The van der Waals surface area contributed by atoms with Crippen molar-refractivity contribution in [3.63, 3.8) is 0 Å². The van der Waals surface area contributed by atoms with Crippen molar-refractivity contribution in [1.29, 1.82) is 0 Å². The maximum Gasteiger partial charge on any atom is 0.0640 e. The SMILES string of the molecule is CC1(C)c2ccccc2-c2ccc(-c3ccc(N(c4ccccc4-c4cccc5cccc(-c6ccccc6)c45)c4cccc5c4sc4ccccc45)cc3)cc21. The fourth-order valence-corrected chi connectivity index (χ4v) is 10.5. The Hall–Kier alpha value is -6.74. The Morgan fingerprint density at radius 1 is 0.404 bits per heavy atom. The molecule has 0 spiro atoms. The lowest BCUT2D eigenvalue weighted by Crippen LogP contribution is -2.14. The van der Waals surface area contributed by atoms with E-state index in [-0.39, 0.29) is 5.41 Å². The van der Waals surface area contributed by atoms with Gasteiger partial charge in [-0.15, -0.1) is 11.3 Å². The molecule has 57 heavy (non-hydrogen) atoms. The zero-order chi connectivity index (χ0) is 38.1. The van der Waals surface area contributed by atoms with E-state index in [4.69, 9.17) is 0 Å². The topological polar surface area (TPSA) is 3.24 Å². The van der Waals surface area contributed by atoms with Gasteiger partial charge in [-0.25, -0.2) is 0 Å². The second-order valence-electron chi connectivity index (χ2n) is 15.7. The highest BCUT2D eigenvalue weighted by molar-refractivity contribution is 7.26. The van der Waals surface area contributed by atoms with Crippen molar-refractivity contribution in [1.82, 2.24) is 0 Å². The van der Waals surface area contributed by atoms with Crippen molar-refractivity contribution in [2.24, 2.45) is 0 Å². The van der Waals surface area contributed by atoms with Gasteiger partial charge in [-0.2, -0.15) is 0 Å². The van der Waals surface area contributed by atoms with E-state index < -0.39 is 0 Å². The highest BCUT2D eigenvalue weighted by Crippen LogP contribution is 2.51. The van der Waals surface area contributed by atoms with Gasteiger partial charge < -0.3 is 4.90 Å². The molecule has 0 saturated carbocycles. The molecule has 0 bridgehead atoms. The van der Waals surface area contributed by atoms with Crippen LogP contribution in [0, 0.1) is 0 Å². The number of fused-ring (bicyclic) bond motifs is 7. The number of rotatable bonds is 6. The maximum atomic E-state index is 2.49. The van der Waals surface area contributed by atoms with Gasteiger partial charge in [0, 0.05) is 32.1 Å². The van der Waals surface area contributed by atoms with Crippen molar-refractivity contribution in [3.05, 3.63) is 211 Å². The molecule has 270 valence electrons. The largest absolute Gasteiger partial charge is 0.308 e. The van der Waals surface area contributed by atoms with Gasteiger partial charge in [0.25, 0.3) is 0 Å². The van der Waals surface area contributed by atoms with Gasteiger partial charge in [-0.3, -0.25) is 0 Å². The summed E-state index contributed by atoms with van der Waals surface area (Å²) in [6, 6.07) is 73.8. The molecular weight excluding hydrogens is 707 g/mol. The predicted molar refractivity (Wildman–Crippen MR) is 245 cm³/mol. The second-order valence-corrected chi connectivity index (χ2v) is 16.7. The Balaban J connectivity index is 1.11. The molecule has 0 fully saturated rings. The second kappa shape index (κ2) is 13.2. The lowest BCUT2D eigenvalue weighted by Gasteiger charge is -2.29. The van der Waals surface area contributed by atoms with Crippen LogP contribution in [0.5, 0.6) is 0 Å². The van der Waals surface area contributed by atoms with Crippen LogP contribution >= 0.6 is 11.3 Å². The average molecular weight is 746 g/mol. The predicted octanol–water partition coefficient (Wildman–Crippen LogP) is 16.0. The summed E-state index contributed by atoms with van der Waals surface area (Å²) in [5, 5.41) is 5.07. The molecule has 1 aliphatic rings. The first kappa shape index (κ1) is 33.6. The van der Waals surface area contributed by atoms with E-state index in [1.54, 1.807) is 0 Å². The van der Waals surface area contributed by atoms with Crippen LogP contribution in [0.3, 0.4) is 0 Å². The van der Waals surface area contributed by atoms with Crippen LogP contribution in [0.15, 0.2) is 200 Å². The minimum Gasteiger partial charge on any atom is -0.308 e. The minimum absolute atomic E-state index is 0.0483. The summed E-state index contributed by atoms with van der Waals surface area (Å²) in [4.78, 5) is 2.49. The third kappa shape index (κ3) is 5.36. The normalized spacial score (nSPS) is 12.9. The zero-order valence-electron chi connectivity index (χ0n) is 31.9. The molecule has 2 heteroatoms. The van der Waals surface area contributed by atoms with Gasteiger partial charge in [-0.1, -0.05) is 178 Å². The van der Waals surface area contributed by atoms with Crippen molar-refractivity contribution >= 4 is 59.3 Å². The number of para-hydroxylation sites is 1. The van der Waals surface area contributed by atoms with Gasteiger partial charge in [0.1, 0.15) is 0 Å². The summed E-state index contributed by atoms with van der Waals surface area (Å²) in [6.45, 7) is 4.71. The molecule has 10 aromatic rings. The molecule has 0 atom stereocenters. The van der Waals surface area contributed by atoms with Crippen molar-refractivity contribution in [2.45, 2.75) is 19.3 Å². The van der Waals surface area contributed by atoms with Crippen LogP contribution < -0.4 is 4.90 Å². The number of benzene rings is 9. The standard InChI is InChI=1S/C55H39NS/c1-55(2)48-25-9-6-19-42(48)43-34-31-39(35-49(43)55)36-29-32-40(33-30-36)56(51-27-14-24-47-45-21-8-11-28-52(45)57-54(47)51)50-26-10-7-20-44(50)46-23-13-18-38-17-12-22-41(53(38)46)37-15-4-3-5-16-37/h3-35H,1-2H3. The molecular formula is C55H39NS. The lowest BCUT2D eigenvalue weighted by molar-refractivity contribution is 0.660. The molecule has 0 N–H and O–H groups in total. The van der Waals surface area contributed by atoms with E-state index in [0.717, 1.165) is 11.4 Å². The zero-order valence-corrected chi connectivity index (χ0v) is 32.7. The molecule has 0 amide bonds. The Morgan fingerprint density at radius 2 is 1.02 bits per heavy atom. The number of hydrogen-bond donors (Lipinski definition) is 0. The molecule has 11 rings (SSSR count). The monoisotopic (exact) mass is 745 g/mol. The quantitative estimate of drug-likeness (QED) is 0.164. The molecule has 1 aliphatic carbocycles. The lowest BCUT2D eigenvalue weighted by atomic mass is 9.81. The average Bonchev–Trinajstić information content (AvgIpc) is 3.76. The molecule has 1 aromatic heterocycles. The molecule has 0 unspecified atom stereocenters. The van der Waals surface area contributed by atoms with E-state index in [1.807, 2.05) is 11.3 Å². The minimum atomic E-state index is -0.0483. The summed E-state index contributed by atoms with van der Waals surface area (Å²) < 4.78 is 2.58. The highest BCUT2D eigenvalue weighted by Gasteiger charge is 2.35. The Labute approximate surface area is 337 Å². The van der Waals surface area contributed by atoms with E-state index >= 15 is 0 Å². The van der Waals surface area contributed by atoms with Crippen LogP contribution in [0.1, 0.15) is 25.0 Å². The van der Waals surface area contributed by atoms with E-state index in [2.05, 4.69) is 219 Å². The van der Waals surface area contributed by atoms with Gasteiger partial charge in [0.15, 0.2) is 0 Å². The molecule has 1 nitrogen and oxygen atoms in total. The van der Waals surface area contributed by atoms with Crippen LogP contribution in [0.4, 0.5) is 17.1 Å². The van der Waals surface area contributed by atoms with Crippen molar-refractivity contribution < 1.29 is 0 Å². The molecule has 1 heterocycles. The third-order valence-electron chi connectivity index (χ3n) is 12.1. The first-order chi connectivity index (χ1) is 28.0. The van der Waals surface area contributed by atoms with Crippen LogP contribution in [-0.4, -0.2) is 0 Å². The van der Waals surface area contributed by atoms with E-state index in [9.17, 15) is 0 Å². The maximum absolute atomic E-state index is 2.49. The first-order valence-corrected chi connectivity index (χ1v) is 20.6. The van der Waals surface area contributed by atoms with Crippen LogP contribution in [-0.2, 0) is 5.41 Å². The number of thiophene rings is 1. The molecule has 9 aromatic carbocycles.